The van der Waals surface area contributed by atoms with Crippen molar-refractivity contribution >= 4 is 45.9 Å². The van der Waals surface area contributed by atoms with Gasteiger partial charge in [-0.25, -0.2) is 9.37 Å². The van der Waals surface area contributed by atoms with E-state index in [4.69, 9.17) is 32.7 Å². The van der Waals surface area contributed by atoms with Crippen molar-refractivity contribution in [2.75, 3.05) is 19.7 Å². The summed E-state index contributed by atoms with van der Waals surface area (Å²) in [6, 6.07) is 9.43. The molecule has 1 aromatic heterocycles. The first kappa shape index (κ1) is 25.2. The third kappa shape index (κ3) is 5.52. The Morgan fingerprint density at radius 1 is 1.17 bits per heavy atom. The van der Waals surface area contributed by atoms with Gasteiger partial charge < -0.3 is 14.4 Å². The zero-order chi connectivity index (χ0) is 25.1. The highest BCUT2D eigenvalue weighted by Crippen LogP contribution is 2.37. The summed E-state index contributed by atoms with van der Waals surface area (Å²) in [7, 11) is 0. The lowest BCUT2D eigenvalue weighted by atomic mass is 9.98. The van der Waals surface area contributed by atoms with Gasteiger partial charge >= 0.3 is 5.97 Å². The fraction of sp³-hybridized carbons (Fsp3) is 0.346. The Bertz CT molecular complexity index is 1270. The molecule has 0 saturated carbocycles. The van der Waals surface area contributed by atoms with Crippen LogP contribution in [0.1, 0.15) is 26.7 Å². The molecule has 6 nitrogen and oxygen atoms in total. The largest absolute Gasteiger partial charge is 0.481 e. The van der Waals surface area contributed by atoms with Crippen molar-refractivity contribution in [3.63, 3.8) is 0 Å². The molecule has 0 N–H and O–H groups in total. The lowest BCUT2D eigenvalue weighted by Crippen LogP contribution is -2.47. The van der Waals surface area contributed by atoms with Crippen molar-refractivity contribution in [1.29, 1.82) is 0 Å². The predicted molar refractivity (Wildman–Crippen MR) is 133 cm³/mol. The molecule has 0 bridgehead atoms. The number of halogens is 3. The standard InChI is InChI=1S/C26H25Cl2FN2O4/c1-3-34-26(33)16-5-4-10-31(14-16)25(32)15(2)35-18-7-9-19-21(12-18)24(28)30-13-22(19)20-8-6-17(29)11-23(20)27/h6-9,11-13,15-16H,3-5,10,14H2,1-2H3/t15-,16-/m0/s1. The van der Waals surface area contributed by atoms with E-state index in [1.54, 1.807) is 43.1 Å². The molecule has 0 aliphatic carbocycles. The van der Waals surface area contributed by atoms with E-state index in [1.165, 1.54) is 12.1 Å². The number of esters is 1. The fourth-order valence-electron chi connectivity index (χ4n) is 4.33. The highest BCUT2D eigenvalue weighted by atomic mass is 35.5. The number of nitrogens with zero attached hydrogens (tertiary/aromatic N) is 2. The summed E-state index contributed by atoms with van der Waals surface area (Å²) in [4.78, 5) is 31.0. The first-order chi connectivity index (χ1) is 16.8. The van der Waals surface area contributed by atoms with Gasteiger partial charge in [0.15, 0.2) is 6.10 Å². The molecule has 184 valence electrons. The highest BCUT2D eigenvalue weighted by molar-refractivity contribution is 6.36. The van der Waals surface area contributed by atoms with E-state index in [0.29, 0.717) is 48.4 Å². The Hall–Kier alpha value is -2.90. The minimum absolute atomic E-state index is 0.199. The maximum atomic E-state index is 13.5. The predicted octanol–water partition coefficient (Wildman–Crippen LogP) is 5.92. The van der Waals surface area contributed by atoms with Gasteiger partial charge in [-0.15, -0.1) is 0 Å². The molecule has 1 amide bonds. The number of pyridine rings is 1. The van der Waals surface area contributed by atoms with E-state index in [-0.39, 0.29) is 28.0 Å². The van der Waals surface area contributed by atoms with Crippen molar-refractivity contribution in [2.45, 2.75) is 32.8 Å². The second-order valence-electron chi connectivity index (χ2n) is 8.43. The van der Waals surface area contributed by atoms with Crippen LogP contribution in [-0.4, -0.2) is 47.6 Å². The van der Waals surface area contributed by atoms with Crippen molar-refractivity contribution in [2.24, 2.45) is 5.92 Å². The Labute approximate surface area is 212 Å². The first-order valence-electron chi connectivity index (χ1n) is 11.4. The normalized spacial score (nSPS) is 16.7. The van der Waals surface area contributed by atoms with E-state index in [0.717, 1.165) is 11.8 Å². The van der Waals surface area contributed by atoms with Gasteiger partial charge in [-0.2, -0.15) is 0 Å². The van der Waals surface area contributed by atoms with Crippen LogP contribution in [0, 0.1) is 11.7 Å². The fourth-order valence-corrected chi connectivity index (χ4v) is 4.80. The summed E-state index contributed by atoms with van der Waals surface area (Å²) in [5, 5.41) is 1.90. The Morgan fingerprint density at radius 3 is 2.71 bits per heavy atom. The van der Waals surface area contributed by atoms with Crippen LogP contribution in [0.4, 0.5) is 4.39 Å². The highest BCUT2D eigenvalue weighted by Gasteiger charge is 2.32. The number of rotatable bonds is 6. The third-order valence-electron chi connectivity index (χ3n) is 6.05. The molecule has 4 rings (SSSR count). The van der Waals surface area contributed by atoms with Crippen molar-refractivity contribution in [3.05, 3.63) is 58.6 Å². The molecular formula is C26H25Cl2FN2O4. The number of amides is 1. The molecule has 2 aromatic carbocycles. The Balaban J connectivity index is 1.54. The quantitative estimate of drug-likeness (QED) is 0.299. The van der Waals surface area contributed by atoms with Gasteiger partial charge in [0.1, 0.15) is 16.7 Å². The summed E-state index contributed by atoms with van der Waals surface area (Å²) in [5.41, 5.74) is 1.32. The molecule has 35 heavy (non-hydrogen) atoms. The topological polar surface area (TPSA) is 68.7 Å². The number of carbonyl (C=O) groups is 2. The second-order valence-corrected chi connectivity index (χ2v) is 9.19. The maximum absolute atomic E-state index is 13.5. The number of benzene rings is 2. The number of hydrogen-bond donors (Lipinski definition) is 0. The SMILES string of the molecule is CCOC(=O)[C@H]1CCCN(C(=O)[C@H](C)Oc2ccc3c(-c4ccc(F)cc4Cl)cnc(Cl)c3c2)C1. The average molecular weight is 519 g/mol. The molecule has 2 heterocycles. The minimum Gasteiger partial charge on any atom is -0.481 e. The van der Waals surface area contributed by atoms with E-state index in [9.17, 15) is 14.0 Å². The summed E-state index contributed by atoms with van der Waals surface area (Å²) >= 11 is 12.6. The number of fused-ring (bicyclic) bond motifs is 1. The van der Waals surface area contributed by atoms with Gasteiger partial charge in [0.25, 0.3) is 5.91 Å². The van der Waals surface area contributed by atoms with E-state index >= 15 is 0 Å². The number of piperidine rings is 1. The average Bonchev–Trinajstić information content (AvgIpc) is 2.85. The zero-order valence-electron chi connectivity index (χ0n) is 19.4. The van der Waals surface area contributed by atoms with Crippen LogP contribution in [0.2, 0.25) is 10.2 Å². The maximum Gasteiger partial charge on any atom is 0.310 e. The number of carbonyl (C=O) groups excluding carboxylic acids is 2. The van der Waals surface area contributed by atoms with Crippen LogP contribution in [-0.2, 0) is 14.3 Å². The van der Waals surface area contributed by atoms with E-state index in [2.05, 4.69) is 4.98 Å². The lowest BCUT2D eigenvalue weighted by Gasteiger charge is -2.33. The molecule has 1 saturated heterocycles. The minimum atomic E-state index is -0.769. The van der Waals surface area contributed by atoms with Gasteiger partial charge in [-0.05, 0) is 68.5 Å². The summed E-state index contributed by atoms with van der Waals surface area (Å²) in [5.74, 6) is -0.769. The van der Waals surface area contributed by atoms with Crippen molar-refractivity contribution in [3.8, 4) is 16.9 Å². The number of aromatic nitrogens is 1. The van der Waals surface area contributed by atoms with Gasteiger partial charge in [-0.1, -0.05) is 23.2 Å². The van der Waals surface area contributed by atoms with Crippen LogP contribution in [0.5, 0.6) is 5.75 Å². The van der Waals surface area contributed by atoms with Gasteiger partial charge in [0.2, 0.25) is 0 Å². The van der Waals surface area contributed by atoms with Crippen LogP contribution in [0.3, 0.4) is 0 Å². The van der Waals surface area contributed by atoms with Gasteiger partial charge in [0.05, 0.1) is 17.5 Å². The number of likely N-dealkylation sites (tertiary alicyclic amines) is 1. The summed E-state index contributed by atoms with van der Waals surface area (Å²) in [6.45, 7) is 4.65. The molecule has 2 atom stereocenters. The zero-order valence-corrected chi connectivity index (χ0v) is 20.9. The van der Waals surface area contributed by atoms with Crippen LogP contribution in [0.25, 0.3) is 21.9 Å². The van der Waals surface area contributed by atoms with Crippen LogP contribution >= 0.6 is 23.2 Å². The third-order valence-corrected chi connectivity index (χ3v) is 6.66. The van der Waals surface area contributed by atoms with Gasteiger partial charge in [0, 0.05) is 35.8 Å². The second kappa shape index (κ2) is 10.8. The van der Waals surface area contributed by atoms with Gasteiger partial charge in [-0.3, -0.25) is 9.59 Å². The Morgan fingerprint density at radius 2 is 1.97 bits per heavy atom. The smallest absolute Gasteiger partial charge is 0.310 e. The van der Waals surface area contributed by atoms with E-state index < -0.39 is 11.9 Å². The molecular weight excluding hydrogens is 494 g/mol. The van der Waals surface area contributed by atoms with Crippen molar-refractivity contribution in [1.82, 2.24) is 9.88 Å². The molecule has 1 fully saturated rings. The molecule has 3 aromatic rings. The number of ether oxygens (including phenoxy) is 2. The van der Waals surface area contributed by atoms with Crippen LogP contribution in [0.15, 0.2) is 42.6 Å². The van der Waals surface area contributed by atoms with Crippen LogP contribution < -0.4 is 4.74 Å². The lowest BCUT2D eigenvalue weighted by molar-refractivity contribution is -0.152. The molecule has 0 spiro atoms. The van der Waals surface area contributed by atoms with Crippen molar-refractivity contribution < 1.29 is 23.5 Å². The number of hydrogen-bond acceptors (Lipinski definition) is 5. The Kier molecular flexibility index (Phi) is 7.77. The molecule has 1 aliphatic rings. The molecule has 1 aliphatic heterocycles. The van der Waals surface area contributed by atoms with E-state index in [1.807, 2.05) is 6.07 Å². The molecule has 0 radical (unpaired) electrons. The summed E-state index contributed by atoms with van der Waals surface area (Å²) in [6.07, 6.45) is 2.25. The first-order valence-corrected chi connectivity index (χ1v) is 12.2. The monoisotopic (exact) mass is 518 g/mol. The summed E-state index contributed by atoms with van der Waals surface area (Å²) < 4.78 is 24.6. The molecule has 9 heteroatoms. The molecule has 0 unspecified atom stereocenters.